The molecule has 4 aromatic rings. The molecule has 10 aliphatic rings. The molecule has 120 heavy (non-hydrogen) atoms. The van der Waals surface area contributed by atoms with Crippen molar-refractivity contribution in [1.82, 2.24) is 0 Å². The number of anilines is 4. The van der Waals surface area contributed by atoms with E-state index in [1.165, 1.54) is 81.9 Å². The Morgan fingerprint density at radius 3 is 1.20 bits per heavy atom. The molecule has 0 saturated carbocycles. The quantitative estimate of drug-likeness (QED) is 0.109. The van der Waals surface area contributed by atoms with Crippen molar-refractivity contribution in [1.29, 1.82) is 21.0 Å². The van der Waals surface area contributed by atoms with Crippen molar-refractivity contribution >= 4 is 47.1 Å². The summed E-state index contributed by atoms with van der Waals surface area (Å²) in [5.74, 6) is 5.40. The summed E-state index contributed by atoms with van der Waals surface area (Å²) in [6.45, 7) is 66.3. The van der Waals surface area contributed by atoms with Crippen LogP contribution in [0.1, 0.15) is 214 Å². The van der Waals surface area contributed by atoms with Crippen LogP contribution in [0, 0.1) is 87.9 Å². The normalized spacial score (nSPS) is 19.7. The van der Waals surface area contributed by atoms with E-state index in [0.29, 0.717) is 63.3 Å². The number of nitriles is 4. The van der Waals surface area contributed by atoms with E-state index in [9.17, 15) is 10.5 Å². The fourth-order valence-corrected chi connectivity index (χ4v) is 16.5. The first-order chi connectivity index (χ1) is 55.2. The van der Waals surface area contributed by atoms with Crippen LogP contribution in [0.15, 0.2) is 225 Å². The van der Waals surface area contributed by atoms with Crippen LogP contribution in [0.5, 0.6) is 0 Å². The Kier molecular flexibility index (Phi) is 31.0. The monoisotopic (exact) mass is 1600 g/mol. The molecule has 620 valence electrons. The summed E-state index contributed by atoms with van der Waals surface area (Å²) < 4.78 is 23.5. The van der Waals surface area contributed by atoms with Crippen molar-refractivity contribution in [2.24, 2.45) is 16.2 Å². The first-order valence-corrected chi connectivity index (χ1v) is 39.9. The molecule has 0 atom stereocenters. The third-order valence-corrected chi connectivity index (χ3v) is 22.2. The Labute approximate surface area is 717 Å². The van der Waals surface area contributed by atoms with Gasteiger partial charge in [-0.3, -0.25) is 0 Å². The zero-order valence-corrected chi connectivity index (χ0v) is 70.1. The predicted octanol–water partition coefficient (Wildman–Crippen LogP) is 25.7. The number of rotatable bonds is 10. The number of aryl methyl sites for hydroxylation is 2. The van der Waals surface area contributed by atoms with Gasteiger partial charge in [-0.2, -0.15) is 0 Å². The van der Waals surface area contributed by atoms with Gasteiger partial charge in [-0.25, -0.2) is 40.4 Å². The fourth-order valence-electron chi connectivity index (χ4n) is 16.5. The smallest absolute Gasteiger partial charge is 0.269 e. The molecule has 0 amide bonds. The molecule has 16 nitrogen and oxygen atoms in total. The maximum Gasteiger partial charge on any atom is 0.269 e. The summed E-state index contributed by atoms with van der Waals surface area (Å²) in [5.41, 5.74) is 21.9. The SMILES string of the molecule is C.C.C.C.[C-]#[N+]/C(C#N)=C1C=C(/C=C/c2cc3c4c(c2)C(C)(C)CCN4CCC3(C)C)OC(CC)=C/1.[C-]#[N+]/C(C#N)=C1C=C(/C=C/c2cc3c4c(c2)CC(C)(C)CN4CC(C)(C)C3)OC(C(C)(C)C)=C/1.[C-]#[N+]/C(C#N)=C1\C=C(C)OC(/C=C/c2cc3c4c(c2)CCCN4CCC3)=C1.[C-]#[N+]/C(C#N)=C1\C=C(C)OC(/C=C/c2ccc(N(C)C)cc2)=C1. The van der Waals surface area contributed by atoms with E-state index < -0.39 is 0 Å². The van der Waals surface area contributed by atoms with Crippen molar-refractivity contribution in [2.45, 2.75) is 195 Å². The first-order valence-electron chi connectivity index (χ1n) is 39.9. The first kappa shape index (κ1) is 94.2. The number of ether oxygens (including phenoxy) is 4. The van der Waals surface area contributed by atoms with Crippen molar-refractivity contribution in [3.63, 3.8) is 0 Å². The Bertz CT molecular complexity index is 5370. The highest BCUT2D eigenvalue weighted by molar-refractivity contribution is 5.74. The molecule has 0 aromatic heterocycles. The molecule has 0 spiro atoms. The van der Waals surface area contributed by atoms with Gasteiger partial charge in [0.25, 0.3) is 22.8 Å². The lowest BCUT2D eigenvalue weighted by molar-refractivity contribution is 0.223. The van der Waals surface area contributed by atoms with E-state index >= 15 is 0 Å². The number of allylic oxidation sites excluding steroid dienone is 24. The second-order valence-corrected chi connectivity index (χ2v) is 35.1. The van der Waals surface area contributed by atoms with Crippen LogP contribution in [-0.2, 0) is 55.5 Å². The lowest BCUT2D eigenvalue weighted by atomic mass is 9.69. The van der Waals surface area contributed by atoms with Gasteiger partial charge in [0, 0.05) is 87.9 Å². The summed E-state index contributed by atoms with van der Waals surface area (Å²) in [7, 11) is 4.00. The Hall–Kier alpha value is -13.0. The van der Waals surface area contributed by atoms with E-state index in [2.05, 4.69) is 165 Å². The largest absolute Gasteiger partial charge is 0.462 e. The molecule has 0 bridgehead atoms. The third-order valence-electron chi connectivity index (χ3n) is 22.2. The number of hydrogen-bond donors (Lipinski definition) is 0. The van der Waals surface area contributed by atoms with Gasteiger partial charge in [-0.15, -0.1) is 0 Å². The van der Waals surface area contributed by atoms with Gasteiger partial charge < -0.3 is 38.5 Å². The Balaban J connectivity index is 0.000000220. The van der Waals surface area contributed by atoms with E-state index in [1.807, 2.05) is 118 Å². The van der Waals surface area contributed by atoms with Crippen molar-refractivity contribution < 1.29 is 18.9 Å². The molecular formula is C104H120N12O4. The molecule has 0 unspecified atom stereocenters. The third kappa shape index (κ3) is 22.5. The Morgan fingerprint density at radius 2 is 0.808 bits per heavy atom. The van der Waals surface area contributed by atoms with Gasteiger partial charge in [-0.1, -0.05) is 149 Å². The van der Waals surface area contributed by atoms with Crippen molar-refractivity contribution in [3.05, 3.63) is 326 Å². The molecule has 10 heterocycles. The van der Waals surface area contributed by atoms with E-state index in [4.69, 9.17) is 55.8 Å². The van der Waals surface area contributed by atoms with Gasteiger partial charge in [-0.05, 0) is 286 Å². The molecular weight excluding hydrogens is 1480 g/mol. The highest BCUT2D eigenvalue weighted by Crippen LogP contribution is 2.51. The average Bonchev–Trinajstić information content (AvgIpc) is 0.704. The summed E-state index contributed by atoms with van der Waals surface area (Å²) in [4.78, 5) is 23.1. The number of nitrogens with zero attached hydrogens (tertiary/aromatic N) is 12. The molecule has 14 rings (SSSR count). The van der Waals surface area contributed by atoms with Crippen LogP contribution < -0.4 is 19.6 Å². The van der Waals surface area contributed by atoms with E-state index in [0.717, 1.165) is 98.6 Å². The lowest BCUT2D eigenvalue weighted by Crippen LogP contribution is -2.48. The minimum absolute atomic E-state index is 0. The highest BCUT2D eigenvalue weighted by Gasteiger charge is 2.42. The number of benzene rings is 4. The minimum atomic E-state index is -0.238. The summed E-state index contributed by atoms with van der Waals surface area (Å²) in [5, 5.41) is 36.8. The maximum absolute atomic E-state index is 9.40. The molecule has 4 aromatic carbocycles. The molecule has 0 aliphatic carbocycles. The zero-order valence-electron chi connectivity index (χ0n) is 70.1. The standard InChI is InChI=1S/C30H35N3O.C28H31N3O.C23H21N3O.C19H17N3O.4CH4/c1-28(2,3)26-14-21(25(17-31)32-8)13-24(34-26)10-9-20-11-22-15-29(4,5)18-33-19-30(6,7)16-23(12-20)27(22)33;1-7-21-16-20(25(18-29)30-6)17-22(32-21)9-8-19-14-23-26-24(15-19)28(4,5)11-13-31(26)12-10-27(23,2)3;1-16-11-20(22(15-24)25-2)14-21(27-16)8-7-17-12-18-5-3-9-26-10-4-6-19(13-17)23(18)26;1-14-11-16(19(13-20)21-2)12-18(23-14)10-7-15-5-8-17(9-6-15)22(3)4;;;;/h9-14H,15-16,18-19H2,1-7H3;8-9,14-17H,7,10-13H2,1-5H3;7-8,11-14H,3-6,9-10H2,1H3;5-12H,1,3-4H3;4*1H4/b10-9+,25-21-;9-8+,25-20+;8-7+,22-20+;10-7+,19-16+;;;;. The van der Waals surface area contributed by atoms with Gasteiger partial charge >= 0.3 is 0 Å². The second kappa shape index (κ2) is 39.5. The van der Waals surface area contributed by atoms with Gasteiger partial charge in [0.15, 0.2) is 0 Å². The molecule has 0 fully saturated rings. The molecule has 0 radical (unpaired) electrons. The predicted molar refractivity (Wildman–Crippen MR) is 494 cm³/mol. The summed E-state index contributed by atoms with van der Waals surface area (Å²) >= 11 is 0. The fraction of sp³-hybridized carbons (Fsp3) is 0.385. The molecule has 16 heteroatoms. The number of hydrogen-bond acceptors (Lipinski definition) is 12. The summed E-state index contributed by atoms with van der Waals surface area (Å²) in [6.07, 6.45) is 39.8. The second-order valence-electron chi connectivity index (χ2n) is 35.1. The maximum atomic E-state index is 9.40. The van der Waals surface area contributed by atoms with Crippen molar-refractivity contribution in [2.75, 3.05) is 73.0 Å². The van der Waals surface area contributed by atoms with Crippen LogP contribution in [0.2, 0.25) is 0 Å². The van der Waals surface area contributed by atoms with E-state index in [1.54, 1.807) is 49.5 Å². The lowest BCUT2D eigenvalue weighted by Gasteiger charge is -2.48. The topological polar surface area (TPSA) is 162 Å². The van der Waals surface area contributed by atoms with Crippen LogP contribution in [0.25, 0.3) is 43.7 Å². The summed E-state index contributed by atoms with van der Waals surface area (Å²) in [6, 6.07) is 29.9. The highest BCUT2D eigenvalue weighted by atomic mass is 16.5. The van der Waals surface area contributed by atoms with Gasteiger partial charge in [0.1, 0.15) is 46.1 Å². The van der Waals surface area contributed by atoms with Crippen LogP contribution in [0.3, 0.4) is 0 Å². The minimum Gasteiger partial charge on any atom is -0.462 e. The Morgan fingerprint density at radius 1 is 0.450 bits per heavy atom. The molecule has 0 N–H and O–H groups in total. The van der Waals surface area contributed by atoms with Crippen molar-refractivity contribution in [3.8, 4) is 24.3 Å². The van der Waals surface area contributed by atoms with Gasteiger partial charge in [0.05, 0.1) is 50.6 Å². The average molecular weight is 1600 g/mol. The van der Waals surface area contributed by atoms with Gasteiger partial charge in [0.2, 0.25) is 0 Å². The van der Waals surface area contributed by atoms with Crippen LogP contribution >= 0.6 is 0 Å². The van der Waals surface area contributed by atoms with E-state index in [-0.39, 0.29) is 79.6 Å². The molecule has 0 saturated heterocycles. The van der Waals surface area contributed by atoms with Crippen LogP contribution in [0.4, 0.5) is 22.7 Å². The van der Waals surface area contributed by atoms with Crippen LogP contribution in [-0.4, -0.2) is 53.4 Å². The zero-order chi connectivity index (χ0) is 83.6. The molecule has 10 aliphatic heterocycles.